The van der Waals surface area contributed by atoms with E-state index in [1.165, 1.54) is 51.6 Å². The number of benzene rings is 2. The highest BCUT2D eigenvalue weighted by Gasteiger charge is 2.47. The average molecular weight is 1210 g/mol. The van der Waals surface area contributed by atoms with E-state index >= 15 is 0 Å². The molecule has 0 spiro atoms. The molecule has 0 bridgehead atoms. The number of halogens is 2. The summed E-state index contributed by atoms with van der Waals surface area (Å²) in [5.41, 5.74) is 2.62. The van der Waals surface area contributed by atoms with E-state index in [0.717, 1.165) is 19.4 Å². The van der Waals surface area contributed by atoms with Crippen molar-refractivity contribution in [2.45, 2.75) is 105 Å². The van der Waals surface area contributed by atoms with Gasteiger partial charge in [-0.2, -0.15) is 10.2 Å². The van der Waals surface area contributed by atoms with Gasteiger partial charge in [-0.05, 0) is 111 Å². The van der Waals surface area contributed by atoms with Crippen LogP contribution < -0.4 is 15.1 Å². The minimum atomic E-state index is -1.22. The molecule has 0 radical (unpaired) electrons. The number of rotatable bonds is 16. The van der Waals surface area contributed by atoms with E-state index in [1.54, 1.807) is 112 Å². The van der Waals surface area contributed by atoms with Crippen molar-refractivity contribution in [3.63, 3.8) is 0 Å². The highest BCUT2D eigenvalue weighted by molar-refractivity contribution is 6.34. The maximum atomic E-state index is 14.3. The van der Waals surface area contributed by atoms with Crippen molar-refractivity contribution in [1.29, 1.82) is 0 Å². The van der Waals surface area contributed by atoms with Gasteiger partial charge in [-0.3, -0.25) is 28.8 Å². The van der Waals surface area contributed by atoms with E-state index in [-0.39, 0.29) is 47.4 Å². The molecule has 2 saturated heterocycles. The second-order valence-corrected chi connectivity index (χ2v) is 21.5. The predicted octanol–water partition coefficient (Wildman–Crippen LogP) is 10.2. The molecule has 2 aromatic carbocycles. The second kappa shape index (κ2) is 28.8. The zero-order chi connectivity index (χ0) is 61.7. The number of anilines is 2. The first-order valence-electron chi connectivity index (χ1n) is 27.5. The summed E-state index contributed by atoms with van der Waals surface area (Å²) in [5, 5.41) is 22.4. The lowest BCUT2D eigenvalue weighted by Crippen LogP contribution is -2.63. The van der Waals surface area contributed by atoms with Gasteiger partial charge in [-0.1, -0.05) is 68.2 Å². The topological polar surface area (TPSA) is 278 Å². The van der Waals surface area contributed by atoms with Gasteiger partial charge in [0, 0.05) is 75.7 Å². The van der Waals surface area contributed by atoms with Crippen molar-refractivity contribution < 1.29 is 67.1 Å². The zero-order valence-corrected chi connectivity index (χ0v) is 50.0. The molecule has 3 amide bonds. The molecule has 6 heterocycles. The number of esters is 2. The number of likely N-dealkylation sites (tertiary alicyclic amines) is 1. The van der Waals surface area contributed by atoms with E-state index in [2.05, 4.69) is 25.5 Å². The minimum Gasteiger partial charge on any atom is -0.465 e. The number of aryl methyl sites for hydroxylation is 2. The fraction of sp³-hybridized carbons (Fsp3) is 0.407. The van der Waals surface area contributed by atoms with Gasteiger partial charge in [0.1, 0.15) is 0 Å². The first-order valence-corrected chi connectivity index (χ1v) is 28.2. The fourth-order valence-electron chi connectivity index (χ4n) is 10.2. The Morgan fingerprint density at radius 1 is 0.671 bits per heavy atom. The summed E-state index contributed by atoms with van der Waals surface area (Å²) in [6.07, 6.45) is 3.68. The van der Waals surface area contributed by atoms with Gasteiger partial charge in [-0.15, -0.1) is 0 Å². The Balaban J connectivity index is 0.000000247. The predicted molar refractivity (Wildman–Crippen MR) is 312 cm³/mol. The molecule has 452 valence electrons. The highest BCUT2D eigenvalue weighted by atomic mass is 35.5. The quantitative estimate of drug-likeness (QED) is 0.0517. The van der Waals surface area contributed by atoms with Gasteiger partial charge < -0.3 is 43.7 Å². The van der Waals surface area contributed by atoms with Crippen LogP contribution in [0.5, 0.6) is 0 Å². The van der Waals surface area contributed by atoms with Crippen LogP contribution in [0, 0.1) is 5.41 Å². The molecular formula is C59H68Cl2N10O14. The number of carboxylic acid groups (broad SMARTS) is 1. The smallest absolute Gasteiger partial charge is 0.465 e. The number of hydrogen-bond donors (Lipinski definition) is 2. The maximum absolute atomic E-state index is 14.3. The molecule has 4 unspecified atom stereocenters. The van der Waals surface area contributed by atoms with Crippen LogP contribution in [0.1, 0.15) is 116 Å². The average Bonchev–Trinajstić information content (AvgIpc) is 1.79. The van der Waals surface area contributed by atoms with Gasteiger partial charge in [0.25, 0.3) is 11.8 Å². The van der Waals surface area contributed by atoms with Crippen molar-refractivity contribution in [2.24, 2.45) is 19.5 Å². The van der Waals surface area contributed by atoms with Crippen LogP contribution in [0.2, 0.25) is 10.0 Å². The Labute approximate surface area is 501 Å². The third-order valence-electron chi connectivity index (χ3n) is 13.8. The number of piperidine rings is 2. The second-order valence-electron chi connectivity index (χ2n) is 20.7. The van der Waals surface area contributed by atoms with Crippen molar-refractivity contribution in [1.82, 2.24) is 39.7 Å². The van der Waals surface area contributed by atoms with E-state index in [4.69, 9.17) is 51.6 Å². The molecule has 2 fully saturated rings. The van der Waals surface area contributed by atoms with E-state index < -0.39 is 66.3 Å². The molecule has 5 atom stereocenters. The van der Waals surface area contributed by atoms with Crippen LogP contribution in [-0.2, 0) is 42.5 Å². The van der Waals surface area contributed by atoms with Crippen LogP contribution in [0.25, 0.3) is 22.3 Å². The Morgan fingerprint density at radius 2 is 1.13 bits per heavy atom. The summed E-state index contributed by atoms with van der Waals surface area (Å²) < 4.78 is 32.5. The van der Waals surface area contributed by atoms with Gasteiger partial charge in [0.15, 0.2) is 23.0 Å². The molecule has 0 aliphatic carbocycles. The third-order valence-corrected chi connectivity index (χ3v) is 14.4. The molecule has 8 rings (SSSR count). The Kier molecular flexibility index (Phi) is 21.7. The lowest BCUT2D eigenvalue weighted by molar-refractivity contribution is -0.0831. The number of carbonyl (C=O) groups is 7. The SMILES string of the molecule is CCOC(=O)OC(C)OC(=O)c1c(-c2ccc(C(=O)N(c3ncccc3Cl)C3CCCN(C(=O)O)C3C(C)(C)C)cc2)cnn1C.CCOC(=O)OC(C)OC(=O)c1c(-c2ccc(C(=O)N(c3ncccc3Cl)[C@@H]3CCCNC3)cc2)cnn1C. The van der Waals surface area contributed by atoms with Crippen LogP contribution in [0.4, 0.5) is 26.0 Å². The summed E-state index contributed by atoms with van der Waals surface area (Å²) >= 11 is 13.0. The van der Waals surface area contributed by atoms with Gasteiger partial charge >= 0.3 is 30.3 Å². The van der Waals surface area contributed by atoms with Crippen LogP contribution in [0.15, 0.2) is 97.6 Å². The summed E-state index contributed by atoms with van der Waals surface area (Å²) in [5.74, 6) is -1.50. The Hall–Kier alpha value is -8.61. The maximum Gasteiger partial charge on any atom is 0.511 e. The molecular weight excluding hydrogens is 1140 g/mol. The van der Waals surface area contributed by atoms with E-state index in [1.807, 2.05) is 20.8 Å². The molecule has 24 nitrogen and oxygen atoms in total. The van der Waals surface area contributed by atoms with E-state index in [9.17, 15) is 38.7 Å². The van der Waals surface area contributed by atoms with Gasteiger partial charge in [0.2, 0.25) is 12.6 Å². The molecule has 2 N–H and O–H groups in total. The zero-order valence-electron chi connectivity index (χ0n) is 48.5. The number of nitrogens with one attached hydrogen (secondary N) is 1. The number of hydrogen-bond acceptors (Lipinski definition) is 18. The monoisotopic (exact) mass is 1210 g/mol. The first kappa shape index (κ1) is 64.0. The van der Waals surface area contributed by atoms with Crippen LogP contribution in [0.3, 0.4) is 0 Å². The molecule has 2 aliphatic rings. The van der Waals surface area contributed by atoms with Crippen molar-refractivity contribution >= 4 is 77.0 Å². The molecule has 4 aromatic heterocycles. The summed E-state index contributed by atoms with van der Waals surface area (Å²) in [6, 6.07) is 18.9. The minimum absolute atomic E-state index is 0.100. The number of ether oxygens (including phenoxy) is 6. The summed E-state index contributed by atoms with van der Waals surface area (Å²) in [4.78, 5) is 103. The largest absolute Gasteiger partial charge is 0.511 e. The number of aromatic nitrogens is 6. The van der Waals surface area contributed by atoms with Crippen LogP contribution >= 0.6 is 23.2 Å². The lowest BCUT2D eigenvalue weighted by atomic mass is 9.77. The number of amides is 3. The van der Waals surface area contributed by atoms with Crippen LogP contribution in [-0.4, -0.2) is 145 Å². The van der Waals surface area contributed by atoms with Crippen molar-refractivity contribution in [3.8, 4) is 22.3 Å². The molecule has 0 saturated carbocycles. The lowest BCUT2D eigenvalue weighted by Gasteiger charge is -2.50. The first-order chi connectivity index (χ1) is 40.5. The molecule has 85 heavy (non-hydrogen) atoms. The number of pyridine rings is 2. The molecule has 2 aliphatic heterocycles. The summed E-state index contributed by atoms with van der Waals surface area (Å²) in [7, 11) is 3.17. The van der Waals surface area contributed by atoms with E-state index in [0.29, 0.717) is 70.2 Å². The Bertz CT molecular complexity index is 3350. The number of carbonyl (C=O) groups excluding carboxylic acids is 6. The standard InChI is InChI=1S/C32H38ClN5O8.C27H30ClN5O6/c1-7-44-31(43)46-19(2)45-29(40)25-22(18-35-36(25)6)20-12-14-21(15-13-20)28(39)38(27-23(33)10-8-16-34-27)24-11-9-17-37(30(41)42)26(24)32(3,4)5;1-4-37-27(36)39-17(2)38-26(35)23-21(16-31-32(23)3)18-9-11-19(12-10-18)25(34)33(20-7-5-13-29-15-20)24-22(28)8-6-14-30-24/h8,10,12-16,18-19,24,26H,7,9,11,17H2,1-6H3,(H,41,42);6,8-12,14,16-17,20,29H,4-5,7,13,15H2,1-3H3/t;17?,20-/m.1/s1. The van der Waals surface area contributed by atoms with Crippen molar-refractivity contribution in [3.05, 3.63) is 130 Å². The van der Waals surface area contributed by atoms with Gasteiger partial charge in [0.05, 0.1) is 53.8 Å². The Morgan fingerprint density at radius 3 is 1.54 bits per heavy atom. The number of nitrogens with zero attached hydrogens (tertiary/aromatic N) is 9. The third kappa shape index (κ3) is 15.6. The normalized spacial score (nSPS) is 16.5. The van der Waals surface area contributed by atoms with Crippen molar-refractivity contribution in [2.75, 3.05) is 42.6 Å². The molecule has 26 heteroatoms. The fourth-order valence-corrected chi connectivity index (χ4v) is 10.6. The molecule has 6 aromatic rings. The van der Waals surface area contributed by atoms with Gasteiger partial charge in [-0.25, -0.2) is 33.9 Å². The highest BCUT2D eigenvalue weighted by Crippen LogP contribution is 2.39. The summed E-state index contributed by atoms with van der Waals surface area (Å²) in [6.45, 7) is 14.0.